The summed E-state index contributed by atoms with van der Waals surface area (Å²) in [6.45, 7) is 11.3. The highest BCUT2D eigenvalue weighted by Gasteiger charge is 2.30. The van der Waals surface area contributed by atoms with Crippen LogP contribution in [-0.4, -0.2) is 11.0 Å². The quantitative estimate of drug-likeness (QED) is 0.837. The molecular weight excluding hydrogens is 264 g/mol. The van der Waals surface area contributed by atoms with Crippen LogP contribution in [0.4, 0.5) is 0 Å². The van der Waals surface area contributed by atoms with Crippen molar-refractivity contribution in [3.63, 3.8) is 0 Å². The second kappa shape index (κ2) is 7.04. The summed E-state index contributed by atoms with van der Waals surface area (Å²) in [6.07, 6.45) is 6.52. The first-order chi connectivity index (χ1) is 9.51. The number of nitrogens with one attached hydrogen (secondary N) is 1. The van der Waals surface area contributed by atoms with Crippen LogP contribution >= 0.6 is 11.3 Å². The lowest BCUT2D eigenvalue weighted by Gasteiger charge is -2.33. The van der Waals surface area contributed by atoms with Crippen molar-refractivity contribution in [3.8, 4) is 0 Å². The predicted molar refractivity (Wildman–Crippen MR) is 88.4 cm³/mol. The molecule has 0 aromatic carbocycles. The van der Waals surface area contributed by atoms with Gasteiger partial charge in [0.05, 0.1) is 11.7 Å². The largest absolute Gasteiger partial charge is 0.305 e. The standard InChI is InChI=1S/C17H30N2S/c1-6-15-13(5)20-17(19-15)16(18-11(2)3)14-9-7-12(4)8-10-14/h11-12,14,16,18H,6-10H2,1-5H3. The first-order valence-corrected chi connectivity index (χ1v) is 9.05. The molecule has 0 radical (unpaired) electrons. The van der Waals surface area contributed by atoms with Crippen LogP contribution in [0.15, 0.2) is 0 Å². The third kappa shape index (κ3) is 3.82. The van der Waals surface area contributed by atoms with Crippen LogP contribution in [0, 0.1) is 18.8 Å². The predicted octanol–water partition coefficient (Wildman–Crippen LogP) is 4.88. The van der Waals surface area contributed by atoms with Crippen molar-refractivity contribution in [1.29, 1.82) is 0 Å². The summed E-state index contributed by atoms with van der Waals surface area (Å²) in [6, 6.07) is 0.986. The Morgan fingerprint density at radius 3 is 2.40 bits per heavy atom. The molecule has 114 valence electrons. The molecule has 20 heavy (non-hydrogen) atoms. The molecule has 1 unspecified atom stereocenters. The normalized spacial score (nSPS) is 25.1. The maximum absolute atomic E-state index is 4.93. The Hall–Kier alpha value is -0.410. The van der Waals surface area contributed by atoms with Crippen LogP contribution in [0.5, 0.6) is 0 Å². The van der Waals surface area contributed by atoms with Crippen molar-refractivity contribution in [1.82, 2.24) is 10.3 Å². The van der Waals surface area contributed by atoms with Gasteiger partial charge in [0.2, 0.25) is 0 Å². The highest BCUT2D eigenvalue weighted by molar-refractivity contribution is 7.11. The van der Waals surface area contributed by atoms with Gasteiger partial charge >= 0.3 is 0 Å². The van der Waals surface area contributed by atoms with E-state index < -0.39 is 0 Å². The van der Waals surface area contributed by atoms with E-state index in [-0.39, 0.29) is 0 Å². The summed E-state index contributed by atoms with van der Waals surface area (Å²) in [4.78, 5) is 6.34. The topological polar surface area (TPSA) is 24.9 Å². The van der Waals surface area contributed by atoms with Crippen molar-refractivity contribution >= 4 is 11.3 Å². The molecule has 1 heterocycles. The van der Waals surface area contributed by atoms with Gasteiger partial charge in [-0.3, -0.25) is 0 Å². The fourth-order valence-electron chi connectivity index (χ4n) is 3.30. The number of hydrogen-bond donors (Lipinski definition) is 1. The molecule has 2 nitrogen and oxygen atoms in total. The van der Waals surface area contributed by atoms with Gasteiger partial charge in [-0.25, -0.2) is 4.98 Å². The minimum Gasteiger partial charge on any atom is -0.305 e. The number of hydrogen-bond acceptors (Lipinski definition) is 3. The smallest absolute Gasteiger partial charge is 0.110 e. The van der Waals surface area contributed by atoms with E-state index in [0.717, 1.165) is 18.3 Å². The van der Waals surface area contributed by atoms with Crippen molar-refractivity contribution in [3.05, 3.63) is 15.6 Å². The number of aryl methyl sites for hydroxylation is 2. The summed E-state index contributed by atoms with van der Waals surface area (Å²) in [5.74, 6) is 1.68. The molecule has 1 aromatic heterocycles. The van der Waals surface area contributed by atoms with Crippen molar-refractivity contribution in [2.75, 3.05) is 0 Å². The molecule has 1 fully saturated rings. The van der Waals surface area contributed by atoms with Gasteiger partial charge in [-0.15, -0.1) is 11.3 Å². The van der Waals surface area contributed by atoms with Gasteiger partial charge in [-0.05, 0) is 38.0 Å². The third-order valence-corrected chi connectivity index (χ3v) is 5.65. The van der Waals surface area contributed by atoms with Crippen LogP contribution < -0.4 is 5.32 Å². The van der Waals surface area contributed by atoms with Crippen LogP contribution in [0.2, 0.25) is 0 Å². The minimum atomic E-state index is 0.464. The van der Waals surface area contributed by atoms with Gasteiger partial charge in [-0.1, -0.05) is 40.5 Å². The molecule has 0 amide bonds. The summed E-state index contributed by atoms with van der Waals surface area (Å²) in [7, 11) is 0. The van der Waals surface area contributed by atoms with Crippen LogP contribution in [-0.2, 0) is 6.42 Å². The second-order valence-corrected chi connectivity index (χ2v) is 7.96. The average Bonchev–Trinajstić information content (AvgIpc) is 2.78. The van der Waals surface area contributed by atoms with Gasteiger partial charge in [0.1, 0.15) is 5.01 Å². The van der Waals surface area contributed by atoms with Crippen LogP contribution in [0.1, 0.15) is 75.0 Å². The minimum absolute atomic E-state index is 0.464. The zero-order valence-corrected chi connectivity index (χ0v) is 14.5. The molecule has 1 saturated carbocycles. The molecule has 2 rings (SSSR count). The zero-order chi connectivity index (χ0) is 14.7. The van der Waals surface area contributed by atoms with Crippen LogP contribution in [0.25, 0.3) is 0 Å². The lowest BCUT2D eigenvalue weighted by atomic mass is 9.79. The van der Waals surface area contributed by atoms with E-state index in [9.17, 15) is 0 Å². The molecule has 1 aliphatic rings. The molecule has 0 aliphatic heterocycles. The Morgan fingerprint density at radius 2 is 1.90 bits per heavy atom. The number of rotatable bonds is 5. The fourth-order valence-corrected chi connectivity index (χ4v) is 4.46. The Bertz CT molecular complexity index is 417. The highest BCUT2D eigenvalue weighted by atomic mass is 32.1. The summed E-state index contributed by atoms with van der Waals surface area (Å²) >= 11 is 1.91. The lowest BCUT2D eigenvalue weighted by Crippen LogP contribution is -2.35. The van der Waals surface area contributed by atoms with Gasteiger partial charge < -0.3 is 5.32 Å². The molecular formula is C17H30N2S. The molecule has 0 bridgehead atoms. The van der Waals surface area contributed by atoms with Gasteiger partial charge in [0.25, 0.3) is 0 Å². The van der Waals surface area contributed by atoms with E-state index in [1.807, 2.05) is 11.3 Å². The first kappa shape index (κ1) is 16.0. The maximum Gasteiger partial charge on any atom is 0.110 e. The van der Waals surface area contributed by atoms with Crippen molar-refractivity contribution in [2.24, 2.45) is 11.8 Å². The molecule has 1 N–H and O–H groups in total. The van der Waals surface area contributed by atoms with Crippen molar-refractivity contribution in [2.45, 2.75) is 78.8 Å². The van der Waals surface area contributed by atoms with E-state index >= 15 is 0 Å². The van der Waals surface area contributed by atoms with Crippen LogP contribution in [0.3, 0.4) is 0 Å². The molecule has 0 saturated heterocycles. The molecule has 0 spiro atoms. The summed E-state index contributed by atoms with van der Waals surface area (Å²) < 4.78 is 0. The van der Waals surface area contributed by atoms with Crippen molar-refractivity contribution < 1.29 is 0 Å². The lowest BCUT2D eigenvalue weighted by molar-refractivity contribution is 0.223. The molecule has 1 aliphatic carbocycles. The SMILES string of the molecule is CCc1nc(C(NC(C)C)C2CCC(C)CC2)sc1C. The number of aromatic nitrogens is 1. The molecule has 1 aromatic rings. The number of nitrogens with zero attached hydrogens (tertiary/aromatic N) is 1. The number of thiazole rings is 1. The van der Waals surface area contributed by atoms with Gasteiger partial charge in [0, 0.05) is 10.9 Å². The second-order valence-electron chi connectivity index (χ2n) is 6.73. The summed E-state index contributed by atoms with van der Waals surface area (Å²) in [5, 5.41) is 5.12. The Morgan fingerprint density at radius 1 is 1.25 bits per heavy atom. The van der Waals surface area contributed by atoms with E-state index in [2.05, 4.69) is 39.9 Å². The van der Waals surface area contributed by atoms with Gasteiger partial charge in [-0.2, -0.15) is 0 Å². The monoisotopic (exact) mass is 294 g/mol. The molecule has 1 atom stereocenters. The maximum atomic E-state index is 4.93. The Balaban J connectivity index is 2.17. The van der Waals surface area contributed by atoms with E-state index in [0.29, 0.717) is 12.1 Å². The Kier molecular flexibility index (Phi) is 5.62. The Labute approximate surface area is 128 Å². The zero-order valence-electron chi connectivity index (χ0n) is 13.7. The van der Waals surface area contributed by atoms with E-state index in [4.69, 9.17) is 4.98 Å². The highest BCUT2D eigenvalue weighted by Crippen LogP contribution is 2.38. The van der Waals surface area contributed by atoms with Gasteiger partial charge in [0.15, 0.2) is 0 Å². The average molecular weight is 295 g/mol. The molecule has 3 heteroatoms. The van der Waals surface area contributed by atoms with E-state index in [1.54, 1.807) is 0 Å². The fraction of sp³-hybridized carbons (Fsp3) is 0.824. The third-order valence-electron chi connectivity index (χ3n) is 4.55. The first-order valence-electron chi connectivity index (χ1n) is 8.23. The van der Waals surface area contributed by atoms with E-state index in [1.165, 1.54) is 41.3 Å². The summed E-state index contributed by atoms with van der Waals surface area (Å²) in [5.41, 5.74) is 1.30.